The fourth-order valence-corrected chi connectivity index (χ4v) is 4.86. The summed E-state index contributed by atoms with van der Waals surface area (Å²) >= 11 is 0. The molecule has 3 aromatic heterocycles. The molecule has 49 heavy (non-hydrogen) atoms. The molecule has 0 aliphatic heterocycles. The minimum absolute atomic E-state index is 0.0449. The van der Waals surface area contributed by atoms with Gasteiger partial charge in [-0.2, -0.15) is 4.39 Å². The maximum Gasteiger partial charge on any atom is 0.321 e. The number of benzene rings is 2. The summed E-state index contributed by atoms with van der Waals surface area (Å²) in [5, 5.41) is 18.4. The third-order valence-corrected chi connectivity index (χ3v) is 7.31. The van der Waals surface area contributed by atoms with Crippen molar-refractivity contribution in [3.8, 4) is 23.0 Å². The maximum atomic E-state index is 15.3. The Morgan fingerprint density at radius 1 is 0.980 bits per heavy atom. The van der Waals surface area contributed by atoms with E-state index in [1.807, 2.05) is 13.0 Å². The number of carbonyl (C=O) groups excluding carboxylic acids is 2. The molecule has 1 atom stereocenters. The van der Waals surface area contributed by atoms with Crippen LogP contribution in [-0.4, -0.2) is 67.8 Å². The lowest BCUT2D eigenvalue weighted by atomic mass is 10.0. The number of halogens is 2. The average Bonchev–Trinajstić information content (AvgIpc) is 3.53. The molecule has 0 spiro atoms. The van der Waals surface area contributed by atoms with E-state index in [0.29, 0.717) is 29.1 Å². The Labute approximate surface area is 279 Å². The van der Waals surface area contributed by atoms with Crippen molar-refractivity contribution in [3.63, 3.8) is 0 Å². The number of hydrogen-bond donors (Lipinski definition) is 7. The van der Waals surface area contributed by atoms with Crippen molar-refractivity contribution in [2.24, 2.45) is 11.5 Å². The predicted octanol–water partition coefficient (Wildman–Crippen LogP) is 2.61. The highest BCUT2D eigenvalue weighted by Gasteiger charge is 2.21. The molecule has 0 aliphatic carbocycles. The summed E-state index contributed by atoms with van der Waals surface area (Å²) in [7, 11) is 0. The second-order valence-electron chi connectivity index (χ2n) is 10.6. The standard InChI is InChI=1S/C32H34F2N12O3/c1-2-18-16-19(4-5-20(18)29(47)39-12-13-40-30(48)22(35)8-11-41-31(36)37)45-27-28-44-17-23(46(28)15-14-38-27)21-6-7-24(26(34)25(21)33)49-32-42-9-3-10-43-32/h3-7,9-10,14-17,22H,2,8,11-13,35H2,1H3,(H,38,45)(H,39,47)(H,40,48)(H4,36,37,41). The Bertz CT molecular complexity index is 1970. The number of imidazole rings is 1. The summed E-state index contributed by atoms with van der Waals surface area (Å²) in [5.41, 5.74) is 13.5. The van der Waals surface area contributed by atoms with Crippen LogP contribution < -0.4 is 37.5 Å². The molecule has 2 aromatic carbocycles. The van der Waals surface area contributed by atoms with Crippen LogP contribution in [0.5, 0.6) is 11.8 Å². The fraction of sp³-hybridized carbons (Fsp3) is 0.219. The molecule has 0 aliphatic rings. The van der Waals surface area contributed by atoms with Gasteiger partial charge in [0.15, 0.2) is 29.0 Å². The van der Waals surface area contributed by atoms with Crippen molar-refractivity contribution in [3.05, 3.63) is 90.1 Å². The van der Waals surface area contributed by atoms with E-state index < -0.39 is 17.7 Å². The molecule has 5 aromatic rings. The Hall–Kier alpha value is -6.23. The van der Waals surface area contributed by atoms with Crippen molar-refractivity contribution in [2.45, 2.75) is 25.8 Å². The van der Waals surface area contributed by atoms with Gasteiger partial charge in [-0.15, -0.1) is 0 Å². The number of nitrogens with zero attached hydrogens (tertiary/aromatic N) is 5. The first-order chi connectivity index (χ1) is 23.7. The highest BCUT2D eigenvalue weighted by atomic mass is 19.2. The Balaban J connectivity index is 1.24. The number of ether oxygens (including phenoxy) is 1. The number of anilines is 2. The van der Waals surface area contributed by atoms with Crippen molar-refractivity contribution >= 4 is 34.9 Å². The Morgan fingerprint density at radius 2 is 1.76 bits per heavy atom. The summed E-state index contributed by atoms with van der Waals surface area (Å²) in [6.07, 6.45) is 8.16. The van der Waals surface area contributed by atoms with Crippen molar-refractivity contribution in [1.82, 2.24) is 40.3 Å². The molecule has 254 valence electrons. The van der Waals surface area contributed by atoms with E-state index in [-0.39, 0.29) is 66.8 Å². The van der Waals surface area contributed by atoms with E-state index >= 15 is 8.78 Å². The average molecular weight is 673 g/mol. The van der Waals surface area contributed by atoms with Crippen LogP contribution in [-0.2, 0) is 11.2 Å². The molecule has 0 saturated heterocycles. The molecule has 0 bridgehead atoms. The maximum absolute atomic E-state index is 15.3. The van der Waals surface area contributed by atoms with Gasteiger partial charge in [-0.05, 0) is 54.8 Å². The lowest BCUT2D eigenvalue weighted by Crippen LogP contribution is -2.45. The smallest absolute Gasteiger partial charge is 0.321 e. The van der Waals surface area contributed by atoms with Gasteiger partial charge < -0.3 is 37.5 Å². The highest BCUT2D eigenvalue weighted by molar-refractivity contribution is 5.96. The molecular weight excluding hydrogens is 638 g/mol. The van der Waals surface area contributed by atoms with Gasteiger partial charge in [-0.25, -0.2) is 24.3 Å². The van der Waals surface area contributed by atoms with Gasteiger partial charge in [-0.1, -0.05) is 6.92 Å². The monoisotopic (exact) mass is 672 g/mol. The summed E-state index contributed by atoms with van der Waals surface area (Å²) in [6, 6.07) is 8.53. The zero-order valence-corrected chi connectivity index (χ0v) is 26.3. The summed E-state index contributed by atoms with van der Waals surface area (Å²) < 4.78 is 37.2. The SMILES string of the molecule is CCc1cc(Nc2nccn3c(-c4ccc(Oc5ncccn5)c(F)c4F)cnc23)ccc1C(=O)NCCNC(=O)C(N)CCNC(=N)N. The topological polar surface area (TPSA) is 223 Å². The molecule has 17 heteroatoms. The molecule has 15 nitrogen and oxygen atoms in total. The number of nitrogens with one attached hydrogen (secondary N) is 5. The van der Waals surface area contributed by atoms with E-state index in [1.165, 1.54) is 36.9 Å². The van der Waals surface area contributed by atoms with E-state index in [4.69, 9.17) is 21.6 Å². The number of aromatic nitrogens is 5. The molecule has 1 unspecified atom stereocenters. The molecule has 5 rings (SSSR count). The van der Waals surface area contributed by atoms with Gasteiger partial charge in [0.25, 0.3) is 5.91 Å². The molecule has 3 heterocycles. The minimum atomic E-state index is -1.20. The van der Waals surface area contributed by atoms with E-state index in [9.17, 15) is 9.59 Å². The number of aryl methyl sites for hydroxylation is 1. The van der Waals surface area contributed by atoms with E-state index in [2.05, 4.69) is 41.2 Å². The number of rotatable bonds is 14. The van der Waals surface area contributed by atoms with Gasteiger partial charge in [-0.3, -0.25) is 19.4 Å². The first-order valence-electron chi connectivity index (χ1n) is 15.2. The van der Waals surface area contributed by atoms with Gasteiger partial charge in [0.05, 0.1) is 17.9 Å². The zero-order valence-electron chi connectivity index (χ0n) is 26.3. The number of guanidine groups is 1. The van der Waals surface area contributed by atoms with Crippen LogP contribution in [0.2, 0.25) is 0 Å². The third kappa shape index (κ3) is 8.20. The second-order valence-corrected chi connectivity index (χ2v) is 10.6. The van der Waals surface area contributed by atoms with Crippen LogP contribution in [0.25, 0.3) is 16.9 Å². The van der Waals surface area contributed by atoms with E-state index in [0.717, 1.165) is 5.56 Å². The molecule has 2 amide bonds. The predicted molar refractivity (Wildman–Crippen MR) is 177 cm³/mol. The Morgan fingerprint density at radius 3 is 2.51 bits per heavy atom. The minimum Gasteiger partial charge on any atom is -0.421 e. The number of hydrogen-bond acceptors (Lipinski definition) is 10. The molecule has 9 N–H and O–H groups in total. The van der Waals surface area contributed by atoms with Crippen molar-refractivity contribution < 1.29 is 23.1 Å². The van der Waals surface area contributed by atoms with E-state index in [1.54, 1.807) is 28.8 Å². The third-order valence-electron chi connectivity index (χ3n) is 7.31. The molecule has 0 saturated carbocycles. The number of fused-ring (bicyclic) bond motifs is 1. The lowest BCUT2D eigenvalue weighted by Gasteiger charge is -2.14. The van der Waals surface area contributed by atoms with Crippen molar-refractivity contribution in [1.29, 1.82) is 5.41 Å². The van der Waals surface area contributed by atoms with Crippen LogP contribution in [0.1, 0.15) is 29.3 Å². The number of amides is 2. The first kappa shape index (κ1) is 34.1. The van der Waals surface area contributed by atoms with Gasteiger partial charge in [0, 0.05) is 61.2 Å². The zero-order chi connectivity index (χ0) is 34.9. The second kappa shape index (κ2) is 15.6. The first-order valence-corrected chi connectivity index (χ1v) is 15.2. The molecular formula is C32H34F2N12O3. The highest BCUT2D eigenvalue weighted by Crippen LogP contribution is 2.33. The van der Waals surface area contributed by atoms with Crippen LogP contribution >= 0.6 is 0 Å². The van der Waals surface area contributed by atoms with Crippen LogP contribution in [0.4, 0.5) is 20.3 Å². The Kier molecular flexibility index (Phi) is 10.8. The van der Waals surface area contributed by atoms with Crippen molar-refractivity contribution in [2.75, 3.05) is 25.0 Å². The fourth-order valence-electron chi connectivity index (χ4n) is 4.86. The lowest BCUT2D eigenvalue weighted by molar-refractivity contribution is -0.122. The number of nitrogens with two attached hydrogens (primary N) is 2. The summed E-state index contributed by atoms with van der Waals surface area (Å²) in [5.74, 6) is -3.24. The summed E-state index contributed by atoms with van der Waals surface area (Å²) in [6.45, 7) is 2.56. The molecule has 0 radical (unpaired) electrons. The van der Waals surface area contributed by atoms with Crippen LogP contribution in [0.15, 0.2) is 67.4 Å². The summed E-state index contributed by atoms with van der Waals surface area (Å²) in [4.78, 5) is 41.6. The van der Waals surface area contributed by atoms with Gasteiger partial charge in [0.2, 0.25) is 11.7 Å². The van der Waals surface area contributed by atoms with Gasteiger partial charge >= 0.3 is 6.01 Å². The van der Waals surface area contributed by atoms with Gasteiger partial charge in [0.1, 0.15) is 0 Å². The largest absolute Gasteiger partial charge is 0.421 e. The quantitative estimate of drug-likeness (QED) is 0.0516. The molecule has 0 fully saturated rings. The normalized spacial score (nSPS) is 11.5. The number of carbonyl (C=O) groups is 2. The van der Waals surface area contributed by atoms with Crippen LogP contribution in [0, 0.1) is 17.0 Å². The van der Waals surface area contributed by atoms with Crippen LogP contribution in [0.3, 0.4) is 0 Å².